The Labute approximate surface area is 110 Å². The van der Waals surface area contributed by atoms with Crippen LogP contribution in [0.25, 0.3) is 0 Å². The fourth-order valence-corrected chi connectivity index (χ4v) is 3.35. The van der Waals surface area contributed by atoms with E-state index < -0.39 is 0 Å². The van der Waals surface area contributed by atoms with Crippen LogP contribution in [-0.4, -0.2) is 35.6 Å². The molecule has 0 bridgehead atoms. The van der Waals surface area contributed by atoms with Crippen molar-refractivity contribution in [1.29, 1.82) is 0 Å². The van der Waals surface area contributed by atoms with Gasteiger partial charge in [-0.1, -0.05) is 19.8 Å². The van der Waals surface area contributed by atoms with Crippen LogP contribution in [0, 0.1) is 5.92 Å². The molecule has 2 unspecified atom stereocenters. The second-order valence-corrected chi connectivity index (χ2v) is 6.10. The highest BCUT2D eigenvalue weighted by Crippen LogP contribution is 2.36. The van der Waals surface area contributed by atoms with Gasteiger partial charge in [0.05, 0.1) is 5.54 Å². The van der Waals surface area contributed by atoms with Gasteiger partial charge in [0.1, 0.15) is 0 Å². The van der Waals surface area contributed by atoms with Gasteiger partial charge >= 0.3 is 6.03 Å². The van der Waals surface area contributed by atoms with Crippen LogP contribution in [0.3, 0.4) is 0 Å². The molecule has 0 radical (unpaired) electrons. The van der Waals surface area contributed by atoms with Crippen molar-refractivity contribution in [3.63, 3.8) is 0 Å². The largest absolute Gasteiger partial charge is 0.335 e. The molecule has 2 saturated carbocycles. The van der Waals surface area contributed by atoms with E-state index in [9.17, 15) is 4.79 Å². The van der Waals surface area contributed by atoms with Crippen molar-refractivity contribution in [2.45, 2.75) is 64.0 Å². The quantitative estimate of drug-likeness (QED) is 0.806. The Morgan fingerprint density at radius 2 is 2.17 bits per heavy atom. The molecule has 2 fully saturated rings. The smallest absolute Gasteiger partial charge is 0.318 e. The van der Waals surface area contributed by atoms with Crippen molar-refractivity contribution in [2.24, 2.45) is 11.7 Å². The zero-order valence-corrected chi connectivity index (χ0v) is 11.7. The molecule has 2 amide bonds. The first kappa shape index (κ1) is 13.7. The van der Waals surface area contributed by atoms with Crippen molar-refractivity contribution in [2.75, 3.05) is 13.1 Å². The zero-order chi connectivity index (χ0) is 13.2. The summed E-state index contributed by atoms with van der Waals surface area (Å²) >= 11 is 0. The Morgan fingerprint density at radius 1 is 1.44 bits per heavy atom. The van der Waals surface area contributed by atoms with Crippen molar-refractivity contribution in [3.05, 3.63) is 0 Å². The number of carbonyl (C=O) groups is 1. The molecule has 3 N–H and O–H groups in total. The van der Waals surface area contributed by atoms with Crippen LogP contribution in [0.15, 0.2) is 0 Å². The zero-order valence-electron chi connectivity index (χ0n) is 11.7. The molecule has 18 heavy (non-hydrogen) atoms. The number of rotatable bonds is 4. The lowest BCUT2D eigenvalue weighted by Crippen LogP contribution is -2.60. The van der Waals surface area contributed by atoms with Crippen molar-refractivity contribution in [1.82, 2.24) is 10.2 Å². The number of nitrogens with two attached hydrogens (primary N) is 1. The number of hydrogen-bond acceptors (Lipinski definition) is 2. The Balaban J connectivity index is 2.08. The van der Waals surface area contributed by atoms with Crippen molar-refractivity contribution in [3.8, 4) is 0 Å². The molecule has 104 valence electrons. The van der Waals surface area contributed by atoms with Gasteiger partial charge in [-0.25, -0.2) is 4.79 Å². The molecule has 0 aromatic heterocycles. The van der Waals surface area contributed by atoms with E-state index >= 15 is 0 Å². The van der Waals surface area contributed by atoms with E-state index in [0.29, 0.717) is 18.5 Å². The predicted molar refractivity (Wildman–Crippen MR) is 73.4 cm³/mol. The second-order valence-electron chi connectivity index (χ2n) is 6.10. The molecule has 0 heterocycles. The van der Waals surface area contributed by atoms with E-state index in [1.54, 1.807) is 0 Å². The van der Waals surface area contributed by atoms with Crippen LogP contribution < -0.4 is 11.1 Å². The van der Waals surface area contributed by atoms with Gasteiger partial charge in [-0.3, -0.25) is 0 Å². The number of carbonyl (C=O) groups excluding carboxylic acids is 1. The Hall–Kier alpha value is -0.770. The van der Waals surface area contributed by atoms with Gasteiger partial charge < -0.3 is 16.0 Å². The monoisotopic (exact) mass is 253 g/mol. The highest BCUT2D eigenvalue weighted by molar-refractivity contribution is 5.75. The highest BCUT2D eigenvalue weighted by atomic mass is 16.2. The van der Waals surface area contributed by atoms with Crippen LogP contribution in [0.4, 0.5) is 4.79 Å². The van der Waals surface area contributed by atoms with Crippen molar-refractivity contribution >= 4 is 6.03 Å². The fraction of sp³-hybridized carbons (Fsp3) is 0.929. The minimum Gasteiger partial charge on any atom is -0.335 e. The maximum absolute atomic E-state index is 12.4. The SMILES string of the molecule is CCN(C(=O)NC1CC1)C1(CN)CCCC(C)C1. The molecule has 2 rings (SSSR count). The molecule has 0 spiro atoms. The van der Waals surface area contributed by atoms with Gasteiger partial charge in [0.2, 0.25) is 0 Å². The van der Waals surface area contributed by atoms with Gasteiger partial charge in [-0.05, 0) is 38.5 Å². The molecule has 4 heteroatoms. The first-order valence-electron chi connectivity index (χ1n) is 7.39. The third kappa shape index (κ3) is 2.79. The Bertz CT molecular complexity index is 303. The molecule has 2 aliphatic carbocycles. The molecular formula is C14H27N3O. The molecule has 2 atom stereocenters. The average molecular weight is 253 g/mol. The van der Waals surface area contributed by atoms with Crippen LogP contribution in [0.1, 0.15) is 52.4 Å². The molecule has 4 nitrogen and oxygen atoms in total. The number of urea groups is 1. The second kappa shape index (κ2) is 5.47. The summed E-state index contributed by atoms with van der Waals surface area (Å²) in [4.78, 5) is 14.4. The van der Waals surface area contributed by atoms with E-state index in [2.05, 4.69) is 19.2 Å². The first-order valence-corrected chi connectivity index (χ1v) is 7.39. The van der Waals surface area contributed by atoms with E-state index in [4.69, 9.17) is 5.73 Å². The summed E-state index contributed by atoms with van der Waals surface area (Å²) in [6.45, 7) is 5.67. The summed E-state index contributed by atoms with van der Waals surface area (Å²) in [6.07, 6.45) is 6.83. The third-order valence-electron chi connectivity index (χ3n) is 4.49. The molecule has 2 aliphatic rings. The van der Waals surface area contributed by atoms with E-state index in [0.717, 1.165) is 32.2 Å². The summed E-state index contributed by atoms with van der Waals surface area (Å²) in [6, 6.07) is 0.516. The topological polar surface area (TPSA) is 58.4 Å². The van der Waals surface area contributed by atoms with Gasteiger partial charge in [0, 0.05) is 19.1 Å². The van der Waals surface area contributed by atoms with Crippen LogP contribution >= 0.6 is 0 Å². The number of hydrogen-bond donors (Lipinski definition) is 2. The van der Waals surface area contributed by atoms with Crippen LogP contribution in [0.5, 0.6) is 0 Å². The first-order chi connectivity index (χ1) is 8.61. The van der Waals surface area contributed by atoms with Gasteiger partial charge in [0.25, 0.3) is 0 Å². The standard InChI is InChI=1S/C14H27N3O/c1-3-17(13(18)16-12-6-7-12)14(10-15)8-4-5-11(2)9-14/h11-12H,3-10,15H2,1-2H3,(H,16,18). The van der Waals surface area contributed by atoms with E-state index in [1.807, 2.05) is 4.90 Å². The summed E-state index contributed by atoms with van der Waals surface area (Å²) in [5.41, 5.74) is 5.93. The maximum Gasteiger partial charge on any atom is 0.318 e. The van der Waals surface area contributed by atoms with Crippen LogP contribution in [-0.2, 0) is 0 Å². The third-order valence-corrected chi connectivity index (χ3v) is 4.49. The minimum absolute atomic E-state index is 0.0968. The average Bonchev–Trinajstić information content (AvgIpc) is 3.13. The molecule has 0 aromatic carbocycles. The lowest BCUT2D eigenvalue weighted by atomic mass is 9.75. The lowest BCUT2D eigenvalue weighted by molar-refractivity contribution is 0.0695. The molecule has 0 saturated heterocycles. The minimum atomic E-state index is -0.106. The summed E-state index contributed by atoms with van der Waals surface area (Å²) in [7, 11) is 0. The number of amides is 2. The number of nitrogens with zero attached hydrogens (tertiary/aromatic N) is 1. The Kier molecular flexibility index (Phi) is 4.15. The van der Waals surface area contributed by atoms with Gasteiger partial charge in [-0.2, -0.15) is 0 Å². The van der Waals surface area contributed by atoms with Crippen molar-refractivity contribution < 1.29 is 4.79 Å². The van der Waals surface area contributed by atoms with E-state index in [-0.39, 0.29) is 11.6 Å². The highest BCUT2D eigenvalue weighted by Gasteiger charge is 2.41. The Morgan fingerprint density at radius 3 is 2.67 bits per heavy atom. The van der Waals surface area contributed by atoms with Crippen LogP contribution in [0.2, 0.25) is 0 Å². The molecule has 0 aliphatic heterocycles. The number of nitrogens with one attached hydrogen (secondary N) is 1. The molecular weight excluding hydrogens is 226 g/mol. The lowest BCUT2D eigenvalue weighted by Gasteiger charge is -2.47. The predicted octanol–water partition coefficient (Wildman–Crippen LogP) is 2.09. The number of likely N-dealkylation sites (N-methyl/N-ethyl adjacent to an activating group) is 1. The summed E-state index contributed by atoms with van der Waals surface area (Å²) < 4.78 is 0. The summed E-state index contributed by atoms with van der Waals surface area (Å²) in [5.74, 6) is 0.671. The van der Waals surface area contributed by atoms with E-state index in [1.165, 1.54) is 12.8 Å². The van der Waals surface area contributed by atoms with Gasteiger partial charge in [-0.15, -0.1) is 0 Å². The van der Waals surface area contributed by atoms with Gasteiger partial charge in [0.15, 0.2) is 0 Å². The summed E-state index contributed by atoms with van der Waals surface area (Å²) in [5, 5.41) is 3.11. The fourth-order valence-electron chi connectivity index (χ4n) is 3.35. The normalized spacial score (nSPS) is 32.1. The molecule has 0 aromatic rings. The maximum atomic E-state index is 12.4.